The summed E-state index contributed by atoms with van der Waals surface area (Å²) < 4.78 is 0. The van der Waals surface area contributed by atoms with E-state index in [4.69, 9.17) is 5.73 Å². The van der Waals surface area contributed by atoms with Crippen molar-refractivity contribution in [1.82, 2.24) is 20.9 Å². The van der Waals surface area contributed by atoms with Gasteiger partial charge in [0.05, 0.1) is 18.4 Å². The Morgan fingerprint density at radius 1 is 0.950 bits per heavy atom. The van der Waals surface area contributed by atoms with Gasteiger partial charge in [0, 0.05) is 42.7 Å². The van der Waals surface area contributed by atoms with Gasteiger partial charge in [-0.2, -0.15) is 0 Å². The fourth-order valence-corrected chi connectivity index (χ4v) is 4.78. The summed E-state index contributed by atoms with van der Waals surface area (Å²) in [6, 6.07) is 17.5. The van der Waals surface area contributed by atoms with Gasteiger partial charge in [0.15, 0.2) is 0 Å². The number of para-hydroxylation sites is 1. The van der Waals surface area contributed by atoms with E-state index in [1.807, 2.05) is 60.8 Å². The van der Waals surface area contributed by atoms with E-state index in [1.165, 1.54) is 0 Å². The number of nitrogens with two attached hydrogens (primary N) is 1. The van der Waals surface area contributed by atoms with Crippen LogP contribution in [-0.4, -0.2) is 59.6 Å². The molecular formula is C31H43N5O4. The largest absolute Gasteiger partial charge is 0.393 e. The summed E-state index contributed by atoms with van der Waals surface area (Å²) in [5, 5.41) is 19.4. The van der Waals surface area contributed by atoms with Crippen LogP contribution in [0, 0.1) is 5.92 Å². The number of rotatable bonds is 17. The number of carbonyl (C=O) groups excluding carboxylic acids is 3. The molecule has 3 rings (SSSR count). The van der Waals surface area contributed by atoms with Crippen LogP contribution in [0.25, 0.3) is 10.9 Å². The zero-order valence-corrected chi connectivity index (χ0v) is 23.3. The highest BCUT2D eigenvalue weighted by atomic mass is 16.3. The van der Waals surface area contributed by atoms with Crippen LogP contribution in [0.15, 0.2) is 60.8 Å². The number of carbonyl (C=O) groups is 3. The predicted molar refractivity (Wildman–Crippen MR) is 157 cm³/mol. The molecule has 3 aromatic rings. The molecule has 216 valence electrons. The summed E-state index contributed by atoms with van der Waals surface area (Å²) >= 11 is 0. The van der Waals surface area contributed by atoms with Crippen LogP contribution in [0.2, 0.25) is 0 Å². The van der Waals surface area contributed by atoms with E-state index in [0.29, 0.717) is 25.9 Å². The number of hydrogen-bond donors (Lipinski definition) is 6. The number of aliphatic hydroxyl groups excluding tert-OH is 1. The fourth-order valence-electron chi connectivity index (χ4n) is 4.78. The van der Waals surface area contributed by atoms with Crippen LogP contribution < -0.4 is 21.7 Å². The number of unbranched alkanes of at least 4 members (excludes halogenated alkanes) is 1. The van der Waals surface area contributed by atoms with Crippen molar-refractivity contribution in [1.29, 1.82) is 0 Å². The van der Waals surface area contributed by atoms with E-state index in [0.717, 1.165) is 41.3 Å². The number of H-pyrrole nitrogens is 1. The van der Waals surface area contributed by atoms with E-state index >= 15 is 0 Å². The minimum Gasteiger partial charge on any atom is -0.393 e. The first-order valence-corrected chi connectivity index (χ1v) is 14.2. The third kappa shape index (κ3) is 10.5. The van der Waals surface area contributed by atoms with Crippen LogP contribution in [-0.2, 0) is 27.2 Å². The van der Waals surface area contributed by atoms with Crippen molar-refractivity contribution in [3.8, 4) is 0 Å². The second-order valence-electron chi connectivity index (χ2n) is 10.4. The third-order valence-electron chi connectivity index (χ3n) is 6.90. The number of aromatic nitrogens is 1. The molecule has 0 spiro atoms. The molecule has 0 fully saturated rings. The minimum atomic E-state index is -0.759. The van der Waals surface area contributed by atoms with Crippen molar-refractivity contribution in [2.75, 3.05) is 19.6 Å². The van der Waals surface area contributed by atoms with Crippen molar-refractivity contribution >= 4 is 28.6 Å². The Hall–Kier alpha value is -3.69. The predicted octanol–water partition coefficient (Wildman–Crippen LogP) is 2.58. The number of fused-ring (bicyclic) bond motifs is 1. The smallest absolute Gasteiger partial charge is 0.225 e. The standard InChI is InChI=1S/C31H43N5O4/c1-22(37)17-29(38)35-20-24(11-7-8-15-32)31(40)36-26(18-25-21-34-28-13-6-5-12-27(25)28)19-30(39)33-16-14-23-9-3-2-4-10-23/h2-6,9-10,12-13,21-22,24,26,34,37H,7-8,11,14-20,32H2,1H3,(H,33,39)(H,35,38)(H,36,40)/t22-,24+,26+/m1/s1. The Morgan fingerprint density at radius 3 is 2.42 bits per heavy atom. The molecule has 7 N–H and O–H groups in total. The molecule has 0 aliphatic rings. The van der Waals surface area contributed by atoms with Crippen LogP contribution in [0.5, 0.6) is 0 Å². The second-order valence-corrected chi connectivity index (χ2v) is 10.4. The van der Waals surface area contributed by atoms with Gasteiger partial charge in [0.25, 0.3) is 0 Å². The SMILES string of the molecule is C[C@@H](O)CC(=O)NC[C@H](CCCCN)C(=O)N[C@H](CC(=O)NCCc1ccccc1)Cc1c[nH]c2ccccc12. The van der Waals surface area contributed by atoms with Crippen molar-refractivity contribution in [2.45, 2.75) is 64.0 Å². The molecule has 40 heavy (non-hydrogen) atoms. The lowest BCUT2D eigenvalue weighted by Crippen LogP contribution is -2.46. The first-order chi connectivity index (χ1) is 19.4. The Bertz CT molecular complexity index is 1210. The number of aromatic amines is 1. The van der Waals surface area contributed by atoms with E-state index in [1.54, 1.807) is 6.92 Å². The monoisotopic (exact) mass is 549 g/mol. The quantitative estimate of drug-likeness (QED) is 0.143. The van der Waals surface area contributed by atoms with Gasteiger partial charge in [0.2, 0.25) is 17.7 Å². The van der Waals surface area contributed by atoms with Crippen molar-refractivity contribution in [2.24, 2.45) is 11.7 Å². The van der Waals surface area contributed by atoms with Crippen molar-refractivity contribution < 1.29 is 19.5 Å². The maximum Gasteiger partial charge on any atom is 0.225 e. The van der Waals surface area contributed by atoms with Crippen molar-refractivity contribution in [3.05, 3.63) is 71.9 Å². The van der Waals surface area contributed by atoms with Gasteiger partial charge in [0.1, 0.15) is 0 Å². The maximum atomic E-state index is 13.5. The minimum absolute atomic E-state index is 0.0243. The van der Waals surface area contributed by atoms with Gasteiger partial charge in [-0.25, -0.2) is 0 Å². The average molecular weight is 550 g/mol. The molecule has 0 bridgehead atoms. The summed E-state index contributed by atoms with van der Waals surface area (Å²) in [5.41, 5.74) is 8.81. The Labute approximate surface area is 236 Å². The molecule has 0 aliphatic carbocycles. The lowest BCUT2D eigenvalue weighted by Gasteiger charge is -2.23. The third-order valence-corrected chi connectivity index (χ3v) is 6.90. The number of nitrogens with one attached hydrogen (secondary N) is 4. The molecular weight excluding hydrogens is 506 g/mol. The van der Waals surface area contributed by atoms with E-state index in [-0.39, 0.29) is 37.1 Å². The topological polar surface area (TPSA) is 149 Å². The summed E-state index contributed by atoms with van der Waals surface area (Å²) in [7, 11) is 0. The normalized spacial score (nSPS) is 13.4. The van der Waals surface area contributed by atoms with Crippen LogP contribution >= 0.6 is 0 Å². The van der Waals surface area contributed by atoms with Crippen molar-refractivity contribution in [3.63, 3.8) is 0 Å². The molecule has 0 unspecified atom stereocenters. The van der Waals surface area contributed by atoms with E-state index in [2.05, 4.69) is 20.9 Å². The highest BCUT2D eigenvalue weighted by Crippen LogP contribution is 2.20. The summed E-state index contributed by atoms with van der Waals surface area (Å²) in [6.45, 7) is 2.74. The maximum absolute atomic E-state index is 13.5. The van der Waals surface area contributed by atoms with Gasteiger partial charge >= 0.3 is 0 Å². The average Bonchev–Trinajstić information content (AvgIpc) is 3.33. The second kappa shape index (κ2) is 16.4. The molecule has 2 aromatic carbocycles. The summed E-state index contributed by atoms with van der Waals surface area (Å²) in [6.07, 6.45) is 4.54. The van der Waals surface area contributed by atoms with Gasteiger partial charge in [-0.3, -0.25) is 14.4 Å². The number of benzene rings is 2. The molecule has 3 atom stereocenters. The first-order valence-electron chi connectivity index (χ1n) is 14.2. The highest BCUT2D eigenvalue weighted by molar-refractivity contribution is 5.85. The molecule has 9 heteroatoms. The van der Waals surface area contributed by atoms with Crippen LogP contribution in [0.4, 0.5) is 0 Å². The molecule has 3 amide bonds. The zero-order chi connectivity index (χ0) is 28.7. The fraction of sp³-hybridized carbons (Fsp3) is 0.452. The molecule has 1 heterocycles. The molecule has 0 radical (unpaired) electrons. The molecule has 0 saturated carbocycles. The molecule has 9 nitrogen and oxygen atoms in total. The number of amides is 3. The Morgan fingerprint density at radius 2 is 1.68 bits per heavy atom. The van der Waals surface area contributed by atoms with E-state index in [9.17, 15) is 19.5 Å². The van der Waals surface area contributed by atoms with Gasteiger partial charge in [-0.05, 0) is 56.3 Å². The molecule has 1 aromatic heterocycles. The van der Waals surface area contributed by atoms with Crippen LogP contribution in [0.1, 0.15) is 50.2 Å². The van der Waals surface area contributed by atoms with Gasteiger partial charge in [-0.1, -0.05) is 55.0 Å². The summed E-state index contributed by atoms with van der Waals surface area (Å²) in [5.74, 6) is -1.13. The molecule has 0 saturated heterocycles. The van der Waals surface area contributed by atoms with Gasteiger partial charge < -0.3 is 31.8 Å². The first kappa shape index (κ1) is 30.8. The zero-order valence-electron chi connectivity index (χ0n) is 23.3. The van der Waals surface area contributed by atoms with Crippen LogP contribution in [0.3, 0.4) is 0 Å². The Kier molecular flexibility index (Phi) is 12.7. The van der Waals surface area contributed by atoms with Gasteiger partial charge in [-0.15, -0.1) is 0 Å². The number of hydrogen-bond acceptors (Lipinski definition) is 5. The Balaban J connectivity index is 1.68. The number of aliphatic hydroxyl groups is 1. The lowest BCUT2D eigenvalue weighted by atomic mass is 9.97. The lowest BCUT2D eigenvalue weighted by molar-refractivity contribution is -0.127. The highest BCUT2D eigenvalue weighted by Gasteiger charge is 2.24. The molecule has 0 aliphatic heterocycles. The summed E-state index contributed by atoms with van der Waals surface area (Å²) in [4.78, 5) is 41.8. The van der Waals surface area contributed by atoms with E-state index < -0.39 is 18.1 Å².